The van der Waals surface area contributed by atoms with E-state index in [0.29, 0.717) is 11.1 Å². The van der Waals surface area contributed by atoms with Crippen molar-refractivity contribution in [2.75, 3.05) is 0 Å². The number of benzene rings is 3. The molecule has 0 unspecified atom stereocenters. The number of furan rings is 1. The SMILES string of the molecule is CCC(CC)C(=O)/C=C(\O)C(CC)CC.[2H]C([2H])(c1ccc2cc(-c3ccnc4c3sc3cc5ccccc5[c-]c34)oc2c1)C(C)C.[Ir]. The van der Waals surface area contributed by atoms with Gasteiger partial charge in [-0.1, -0.05) is 82.6 Å². The van der Waals surface area contributed by atoms with Crippen molar-refractivity contribution < 1.29 is 37.2 Å². The van der Waals surface area contributed by atoms with Gasteiger partial charge < -0.3 is 9.52 Å². The van der Waals surface area contributed by atoms with E-state index >= 15 is 0 Å². The molecule has 46 heavy (non-hydrogen) atoms. The van der Waals surface area contributed by atoms with E-state index in [1.165, 1.54) is 11.5 Å². The van der Waals surface area contributed by atoms with Crippen LogP contribution >= 0.6 is 11.3 Å². The van der Waals surface area contributed by atoms with Crippen LogP contribution in [-0.2, 0) is 31.3 Å². The zero-order valence-corrected chi connectivity index (χ0v) is 30.7. The number of ketones is 1. The van der Waals surface area contributed by atoms with Crippen LogP contribution in [0, 0.1) is 23.8 Å². The van der Waals surface area contributed by atoms with E-state index in [1.807, 2.05) is 90.2 Å². The van der Waals surface area contributed by atoms with Crippen LogP contribution in [0.5, 0.6) is 0 Å². The quantitative estimate of drug-likeness (QED) is 0.0850. The fourth-order valence-electron chi connectivity index (χ4n) is 5.80. The molecule has 6 rings (SSSR count). The molecule has 243 valence electrons. The molecule has 0 aliphatic heterocycles. The van der Waals surface area contributed by atoms with E-state index in [2.05, 4.69) is 29.2 Å². The Balaban J connectivity index is 0.000000279. The number of aliphatic hydroxyl groups is 1. The summed E-state index contributed by atoms with van der Waals surface area (Å²) in [6.45, 7) is 11.9. The second kappa shape index (κ2) is 16.0. The molecule has 0 bridgehead atoms. The van der Waals surface area contributed by atoms with E-state index < -0.39 is 6.37 Å². The second-order valence-corrected chi connectivity index (χ2v) is 12.9. The monoisotopic (exact) mass is 813 g/mol. The Morgan fingerprint density at radius 1 is 0.978 bits per heavy atom. The maximum absolute atomic E-state index is 11.7. The van der Waals surface area contributed by atoms with E-state index in [9.17, 15) is 9.90 Å². The van der Waals surface area contributed by atoms with Crippen molar-refractivity contribution in [3.8, 4) is 11.3 Å². The van der Waals surface area contributed by atoms with Gasteiger partial charge in [0.05, 0.1) is 5.76 Å². The van der Waals surface area contributed by atoms with Gasteiger partial charge in [0, 0.05) is 68.1 Å². The summed E-state index contributed by atoms with van der Waals surface area (Å²) >= 11 is 1.71. The molecule has 0 saturated heterocycles. The molecular weight excluding hydrogens is 767 g/mol. The number of allylic oxidation sites excluding steroid dienone is 2. The number of nitrogens with zero attached hydrogens (tertiary/aromatic N) is 1. The first-order chi connectivity index (χ1) is 22.5. The minimum atomic E-state index is -1.41. The average molecular weight is 813 g/mol. The maximum Gasteiger partial charge on any atom is 0.162 e. The summed E-state index contributed by atoms with van der Waals surface area (Å²) in [5, 5.41) is 14.0. The Morgan fingerprint density at radius 2 is 1.70 bits per heavy atom. The third kappa shape index (κ3) is 7.79. The van der Waals surface area contributed by atoms with Crippen molar-refractivity contribution >= 4 is 59.2 Å². The Labute approximate surface area is 293 Å². The fraction of sp³-hybridized carbons (Fsp3) is 0.350. The molecule has 0 atom stereocenters. The van der Waals surface area contributed by atoms with Crippen LogP contribution in [0.2, 0.25) is 0 Å². The van der Waals surface area contributed by atoms with Gasteiger partial charge in [0.15, 0.2) is 5.78 Å². The molecule has 6 heteroatoms. The summed E-state index contributed by atoms with van der Waals surface area (Å²) in [5.41, 5.74) is 3.28. The summed E-state index contributed by atoms with van der Waals surface area (Å²) in [6.07, 6.45) is 5.32. The molecular formula is C40H44IrNO3S-. The third-order valence-corrected chi connectivity index (χ3v) is 9.59. The number of aromatic nitrogens is 1. The largest absolute Gasteiger partial charge is 0.512 e. The number of fused-ring (bicyclic) bond motifs is 5. The molecule has 4 nitrogen and oxygen atoms in total. The summed E-state index contributed by atoms with van der Waals surface area (Å²) < 4.78 is 25.3. The van der Waals surface area contributed by atoms with Gasteiger partial charge in [-0.15, -0.1) is 23.6 Å². The summed E-state index contributed by atoms with van der Waals surface area (Å²) in [5.74, 6) is 1.19. The van der Waals surface area contributed by atoms with Crippen molar-refractivity contribution in [1.29, 1.82) is 0 Å². The van der Waals surface area contributed by atoms with E-state index in [0.717, 1.165) is 68.1 Å². The Bertz CT molecular complexity index is 2050. The Morgan fingerprint density at radius 3 is 2.39 bits per heavy atom. The van der Waals surface area contributed by atoms with Crippen LogP contribution < -0.4 is 0 Å². The van der Waals surface area contributed by atoms with Crippen LogP contribution in [0.4, 0.5) is 0 Å². The first kappa shape index (κ1) is 32.6. The number of pyridine rings is 1. The van der Waals surface area contributed by atoms with Gasteiger partial charge in [0.1, 0.15) is 11.3 Å². The summed E-state index contributed by atoms with van der Waals surface area (Å²) in [7, 11) is 0. The Kier molecular flexibility index (Phi) is 11.3. The predicted octanol–water partition coefficient (Wildman–Crippen LogP) is 11.9. The van der Waals surface area contributed by atoms with E-state index in [1.54, 1.807) is 11.3 Å². The predicted molar refractivity (Wildman–Crippen MR) is 191 cm³/mol. The minimum absolute atomic E-state index is 0. The molecule has 6 aromatic rings. The van der Waals surface area contributed by atoms with Crippen molar-refractivity contribution in [2.24, 2.45) is 17.8 Å². The van der Waals surface area contributed by atoms with Crippen LogP contribution in [0.15, 0.2) is 83.1 Å². The molecule has 3 heterocycles. The molecule has 0 aliphatic rings. The zero-order chi connectivity index (χ0) is 33.9. The maximum atomic E-state index is 11.7. The van der Waals surface area contributed by atoms with Gasteiger partial charge in [-0.2, -0.15) is 11.3 Å². The summed E-state index contributed by atoms with van der Waals surface area (Å²) in [4.78, 5) is 16.4. The number of thiophene rings is 1. The summed E-state index contributed by atoms with van der Waals surface area (Å²) in [6, 6.07) is 23.7. The molecule has 0 saturated carbocycles. The molecule has 0 aliphatic carbocycles. The standard InChI is InChI=1S/C27H20NOS.C13H24O2.Ir/c1-16(2)11-17-7-8-20-14-24(29-23(20)12-17)21-9-10-28-26-22-13-18-5-3-4-6-19(18)15-25(22)30-27(21)26;1-5-10(6-2)12(14)9-13(15)11(7-3)8-4;/h3-10,12,14-16H,11H2,1-2H3;9-11,14H,5-8H2,1-4H3;/q-1;;/b;12-9-;/i11D2;;. The zero-order valence-electron chi connectivity index (χ0n) is 29.4. The number of hydrogen-bond donors (Lipinski definition) is 1. The van der Waals surface area contributed by atoms with Crippen molar-refractivity contribution in [3.63, 3.8) is 0 Å². The first-order valence-corrected chi connectivity index (χ1v) is 16.9. The minimum Gasteiger partial charge on any atom is -0.512 e. The van der Waals surface area contributed by atoms with Crippen LogP contribution in [-0.4, -0.2) is 15.9 Å². The van der Waals surface area contributed by atoms with Crippen molar-refractivity contribution in [1.82, 2.24) is 4.98 Å². The number of hydrogen-bond acceptors (Lipinski definition) is 5. The van der Waals surface area contributed by atoms with Crippen LogP contribution in [0.25, 0.3) is 53.4 Å². The van der Waals surface area contributed by atoms with Crippen LogP contribution in [0.1, 0.15) is 75.5 Å². The second-order valence-electron chi connectivity index (χ2n) is 11.9. The van der Waals surface area contributed by atoms with E-state index in [-0.39, 0.29) is 49.4 Å². The first-order valence-electron chi connectivity index (χ1n) is 17.1. The third-order valence-electron chi connectivity index (χ3n) is 8.43. The number of aliphatic hydroxyl groups excluding tert-OH is 1. The molecule has 0 fully saturated rings. The van der Waals surface area contributed by atoms with Gasteiger partial charge in [0.25, 0.3) is 0 Å². The smallest absolute Gasteiger partial charge is 0.162 e. The molecule has 3 aromatic carbocycles. The average Bonchev–Trinajstić information content (AvgIpc) is 3.65. The van der Waals surface area contributed by atoms with Crippen molar-refractivity contribution in [2.45, 2.75) is 73.6 Å². The fourth-order valence-corrected chi connectivity index (χ4v) is 6.99. The molecule has 1 N–H and O–H groups in total. The van der Waals surface area contributed by atoms with Gasteiger partial charge in [0.2, 0.25) is 0 Å². The number of carbonyl (C=O) groups is 1. The molecule has 0 amide bonds. The van der Waals surface area contributed by atoms with Gasteiger partial charge in [-0.25, -0.2) is 0 Å². The van der Waals surface area contributed by atoms with Crippen molar-refractivity contribution in [3.05, 3.63) is 90.3 Å². The Hall–Kier alpha value is -3.31. The number of rotatable bonds is 10. The van der Waals surface area contributed by atoms with Gasteiger partial charge >= 0.3 is 0 Å². The molecule has 1 radical (unpaired) electrons. The van der Waals surface area contributed by atoms with Gasteiger partial charge in [-0.05, 0) is 66.4 Å². The van der Waals surface area contributed by atoms with Crippen LogP contribution in [0.3, 0.4) is 0 Å². The number of carbonyl (C=O) groups excluding carboxylic acids is 1. The van der Waals surface area contributed by atoms with Gasteiger partial charge in [-0.3, -0.25) is 9.78 Å². The van der Waals surface area contributed by atoms with E-state index in [4.69, 9.17) is 7.16 Å². The molecule has 3 aromatic heterocycles. The normalized spacial score (nSPS) is 12.9. The molecule has 0 spiro atoms. The topological polar surface area (TPSA) is 63.3 Å².